The lowest BCUT2D eigenvalue weighted by atomic mass is 9.95. The van der Waals surface area contributed by atoms with Gasteiger partial charge in [-0.2, -0.15) is 5.10 Å². The molecule has 0 saturated carbocycles. The molecular formula is C27H25N3O3. The monoisotopic (exact) mass is 439 g/mol. The van der Waals surface area contributed by atoms with Gasteiger partial charge in [-0.15, -0.1) is 0 Å². The number of benzene rings is 3. The number of aromatic nitrogens is 2. The largest absolute Gasteiger partial charge is 0.291 e. The Labute approximate surface area is 192 Å². The summed E-state index contributed by atoms with van der Waals surface area (Å²) in [5.74, 6) is -0.0597. The fourth-order valence-electron chi connectivity index (χ4n) is 4.16. The van der Waals surface area contributed by atoms with E-state index in [0.717, 1.165) is 40.9 Å². The number of ketones is 1. The van der Waals surface area contributed by atoms with Crippen molar-refractivity contribution in [2.24, 2.45) is 0 Å². The molecule has 33 heavy (non-hydrogen) atoms. The highest BCUT2D eigenvalue weighted by molar-refractivity contribution is 6.01. The summed E-state index contributed by atoms with van der Waals surface area (Å²) in [6, 6.07) is 24.6. The summed E-state index contributed by atoms with van der Waals surface area (Å²) in [7, 11) is 0. The summed E-state index contributed by atoms with van der Waals surface area (Å²) in [4.78, 5) is 24.6. The number of nitrogens with zero attached hydrogens (tertiary/aromatic N) is 3. The van der Waals surface area contributed by atoms with Gasteiger partial charge in [-0.25, -0.2) is 4.68 Å². The predicted molar refractivity (Wildman–Crippen MR) is 128 cm³/mol. The molecule has 1 heterocycles. The molecule has 0 amide bonds. The quantitative estimate of drug-likeness (QED) is 0.186. The van der Waals surface area contributed by atoms with Gasteiger partial charge in [-0.1, -0.05) is 74.0 Å². The zero-order valence-electron chi connectivity index (χ0n) is 18.6. The first-order valence-electron chi connectivity index (χ1n) is 11.0. The molecule has 0 aliphatic heterocycles. The number of nitro groups is 1. The van der Waals surface area contributed by atoms with E-state index in [4.69, 9.17) is 5.10 Å². The Morgan fingerprint density at radius 2 is 1.58 bits per heavy atom. The van der Waals surface area contributed by atoms with Gasteiger partial charge in [0.2, 0.25) is 0 Å². The summed E-state index contributed by atoms with van der Waals surface area (Å²) in [6.07, 6.45) is 1.70. The maximum absolute atomic E-state index is 13.8. The summed E-state index contributed by atoms with van der Waals surface area (Å²) >= 11 is 0. The molecule has 4 rings (SSSR count). The lowest BCUT2D eigenvalue weighted by Crippen LogP contribution is -2.23. The van der Waals surface area contributed by atoms with Crippen LogP contribution in [0.1, 0.15) is 46.6 Å². The number of hydrogen-bond donors (Lipinski definition) is 0. The number of hydrogen-bond acceptors (Lipinski definition) is 4. The minimum atomic E-state index is -0.664. The normalized spacial score (nSPS) is 11.8. The first-order chi connectivity index (χ1) is 16.0. The second-order valence-corrected chi connectivity index (χ2v) is 7.95. The van der Waals surface area contributed by atoms with E-state index in [2.05, 4.69) is 6.92 Å². The average Bonchev–Trinajstić information content (AvgIpc) is 3.16. The van der Waals surface area contributed by atoms with Crippen LogP contribution in [-0.4, -0.2) is 20.5 Å². The van der Waals surface area contributed by atoms with E-state index in [-0.39, 0.29) is 11.5 Å². The van der Waals surface area contributed by atoms with Crippen LogP contribution in [0, 0.1) is 17.0 Å². The highest BCUT2D eigenvalue weighted by atomic mass is 16.6. The SMILES string of the molecule is CCCc1c(C)nn(C(C(=O)c2ccccc2)c2ccccc2)c1-c1ccc([N+](=O)[O-])cc1. The van der Waals surface area contributed by atoms with Crippen LogP contribution in [0.4, 0.5) is 5.69 Å². The molecule has 0 fully saturated rings. The Bertz CT molecular complexity index is 1260. The fourth-order valence-corrected chi connectivity index (χ4v) is 4.16. The standard InChI is InChI=1S/C27H25N3O3/c1-3-10-24-19(2)28-29(25(24)21-15-17-23(18-16-21)30(32)33)26(20-11-6-4-7-12-20)27(31)22-13-8-5-9-14-22/h4-9,11-18,26H,3,10H2,1-2H3. The van der Waals surface area contributed by atoms with Crippen molar-refractivity contribution in [3.63, 3.8) is 0 Å². The molecule has 6 heteroatoms. The van der Waals surface area contributed by atoms with Crippen LogP contribution in [0.2, 0.25) is 0 Å². The van der Waals surface area contributed by atoms with Crippen molar-refractivity contribution in [1.82, 2.24) is 9.78 Å². The second kappa shape index (κ2) is 9.61. The topological polar surface area (TPSA) is 78.0 Å². The van der Waals surface area contributed by atoms with Crippen molar-refractivity contribution < 1.29 is 9.72 Å². The first-order valence-corrected chi connectivity index (χ1v) is 11.0. The molecule has 1 unspecified atom stereocenters. The zero-order valence-corrected chi connectivity index (χ0v) is 18.6. The van der Waals surface area contributed by atoms with Gasteiger partial charge in [0.1, 0.15) is 6.04 Å². The van der Waals surface area contributed by atoms with E-state index < -0.39 is 11.0 Å². The zero-order chi connectivity index (χ0) is 23.4. The molecule has 4 aromatic rings. The van der Waals surface area contributed by atoms with Crippen LogP contribution in [0.15, 0.2) is 84.9 Å². The molecule has 0 aliphatic carbocycles. The first kappa shape index (κ1) is 22.1. The van der Waals surface area contributed by atoms with Crippen molar-refractivity contribution in [2.75, 3.05) is 0 Å². The molecule has 0 spiro atoms. The minimum absolute atomic E-state index is 0.0264. The van der Waals surface area contributed by atoms with Gasteiger partial charge in [0.25, 0.3) is 5.69 Å². The van der Waals surface area contributed by atoms with E-state index >= 15 is 0 Å². The highest BCUT2D eigenvalue weighted by Crippen LogP contribution is 2.34. The highest BCUT2D eigenvalue weighted by Gasteiger charge is 2.29. The number of rotatable bonds is 8. The number of carbonyl (C=O) groups excluding carboxylic acids is 1. The van der Waals surface area contributed by atoms with Crippen LogP contribution in [0.3, 0.4) is 0 Å². The molecule has 0 bridgehead atoms. The average molecular weight is 440 g/mol. The van der Waals surface area contributed by atoms with E-state index in [0.29, 0.717) is 5.56 Å². The molecule has 166 valence electrons. The number of carbonyl (C=O) groups is 1. The summed E-state index contributed by atoms with van der Waals surface area (Å²) in [5.41, 5.74) is 4.98. The molecule has 3 aromatic carbocycles. The summed E-state index contributed by atoms with van der Waals surface area (Å²) < 4.78 is 1.80. The maximum Gasteiger partial charge on any atom is 0.269 e. The van der Waals surface area contributed by atoms with Gasteiger partial charge in [0.15, 0.2) is 5.78 Å². The number of aryl methyl sites for hydroxylation is 1. The summed E-state index contributed by atoms with van der Waals surface area (Å²) in [5, 5.41) is 16.0. The molecule has 0 N–H and O–H groups in total. The minimum Gasteiger partial charge on any atom is -0.291 e. The van der Waals surface area contributed by atoms with Gasteiger partial charge in [-0.3, -0.25) is 14.9 Å². The van der Waals surface area contributed by atoms with E-state index in [1.807, 2.05) is 67.6 Å². The van der Waals surface area contributed by atoms with Crippen LogP contribution in [-0.2, 0) is 6.42 Å². The van der Waals surface area contributed by atoms with Crippen molar-refractivity contribution in [1.29, 1.82) is 0 Å². The molecule has 0 aliphatic rings. The Kier molecular flexibility index (Phi) is 6.45. The molecule has 0 radical (unpaired) electrons. The van der Waals surface area contributed by atoms with Gasteiger partial charge >= 0.3 is 0 Å². The predicted octanol–water partition coefficient (Wildman–Crippen LogP) is 6.19. The number of non-ortho nitro benzene ring substituents is 1. The Balaban J connectivity index is 1.94. The van der Waals surface area contributed by atoms with Crippen molar-refractivity contribution in [2.45, 2.75) is 32.7 Å². The van der Waals surface area contributed by atoms with Crippen LogP contribution in [0.5, 0.6) is 0 Å². The Morgan fingerprint density at radius 3 is 2.15 bits per heavy atom. The molecule has 1 atom stereocenters. The number of Topliss-reactive ketones (excluding diaryl/α,β-unsaturated/α-hetero) is 1. The van der Waals surface area contributed by atoms with Crippen molar-refractivity contribution in [3.05, 3.63) is 117 Å². The third-order valence-corrected chi connectivity index (χ3v) is 5.73. The molecule has 6 nitrogen and oxygen atoms in total. The van der Waals surface area contributed by atoms with Gasteiger partial charge in [-0.05, 0) is 31.0 Å². The third-order valence-electron chi connectivity index (χ3n) is 5.73. The van der Waals surface area contributed by atoms with E-state index in [1.165, 1.54) is 12.1 Å². The molecule has 0 saturated heterocycles. The molecular weight excluding hydrogens is 414 g/mol. The van der Waals surface area contributed by atoms with Crippen LogP contribution in [0.25, 0.3) is 11.3 Å². The van der Waals surface area contributed by atoms with Crippen LogP contribution < -0.4 is 0 Å². The maximum atomic E-state index is 13.8. The van der Waals surface area contributed by atoms with E-state index in [1.54, 1.807) is 16.8 Å². The lowest BCUT2D eigenvalue weighted by Gasteiger charge is -2.21. The lowest BCUT2D eigenvalue weighted by molar-refractivity contribution is -0.384. The van der Waals surface area contributed by atoms with Crippen LogP contribution >= 0.6 is 0 Å². The van der Waals surface area contributed by atoms with Crippen molar-refractivity contribution in [3.8, 4) is 11.3 Å². The Hall–Kier alpha value is -4.06. The van der Waals surface area contributed by atoms with Gasteiger partial charge in [0.05, 0.1) is 16.3 Å². The fraction of sp³-hybridized carbons (Fsp3) is 0.185. The van der Waals surface area contributed by atoms with E-state index in [9.17, 15) is 14.9 Å². The molecule has 1 aromatic heterocycles. The number of nitro benzene ring substituents is 1. The summed E-state index contributed by atoms with van der Waals surface area (Å²) in [6.45, 7) is 4.05. The van der Waals surface area contributed by atoms with Crippen molar-refractivity contribution >= 4 is 11.5 Å². The third kappa shape index (κ3) is 4.46. The second-order valence-electron chi connectivity index (χ2n) is 7.95. The van der Waals surface area contributed by atoms with Gasteiger partial charge in [0, 0.05) is 28.8 Å². The smallest absolute Gasteiger partial charge is 0.269 e. The van der Waals surface area contributed by atoms with Gasteiger partial charge < -0.3 is 0 Å². The Morgan fingerprint density at radius 1 is 0.970 bits per heavy atom.